The van der Waals surface area contributed by atoms with Gasteiger partial charge in [-0.1, -0.05) is 42.5 Å². The minimum absolute atomic E-state index is 0.0783. The summed E-state index contributed by atoms with van der Waals surface area (Å²) in [5, 5.41) is 0. The van der Waals surface area contributed by atoms with Gasteiger partial charge in [-0.2, -0.15) is 0 Å². The monoisotopic (exact) mass is 325 g/mol. The number of carbonyl (C=O) groups is 1. The van der Waals surface area contributed by atoms with E-state index in [1.165, 1.54) is 5.56 Å². The first kappa shape index (κ1) is 16.5. The molecule has 1 amide bonds. The van der Waals surface area contributed by atoms with E-state index in [2.05, 4.69) is 30.3 Å². The molecule has 2 aromatic rings. The Morgan fingerprint density at radius 1 is 1.04 bits per heavy atom. The van der Waals surface area contributed by atoms with Crippen molar-refractivity contribution in [3.8, 4) is 5.75 Å². The van der Waals surface area contributed by atoms with Crippen molar-refractivity contribution in [3.05, 3.63) is 65.7 Å². The van der Waals surface area contributed by atoms with E-state index >= 15 is 0 Å². The van der Waals surface area contributed by atoms with Crippen molar-refractivity contribution in [1.82, 2.24) is 4.90 Å². The molecule has 4 heteroatoms. The van der Waals surface area contributed by atoms with Gasteiger partial charge in [0, 0.05) is 6.42 Å². The number of quaternary nitrogens is 1. The van der Waals surface area contributed by atoms with Gasteiger partial charge in [-0.3, -0.25) is 4.79 Å². The lowest BCUT2D eigenvalue weighted by molar-refractivity contribution is -0.903. The molecule has 0 radical (unpaired) electrons. The van der Waals surface area contributed by atoms with Crippen molar-refractivity contribution in [2.24, 2.45) is 0 Å². The molecule has 0 aromatic heterocycles. The number of ether oxygens (including phenoxy) is 1. The Morgan fingerprint density at radius 3 is 2.42 bits per heavy atom. The van der Waals surface area contributed by atoms with Gasteiger partial charge in [-0.15, -0.1) is 0 Å². The van der Waals surface area contributed by atoms with Gasteiger partial charge in [-0.05, 0) is 17.7 Å². The molecule has 0 aliphatic carbocycles. The first-order valence-electron chi connectivity index (χ1n) is 8.57. The summed E-state index contributed by atoms with van der Waals surface area (Å²) in [5.41, 5.74) is 2.05. The summed E-state index contributed by atoms with van der Waals surface area (Å²) in [6, 6.07) is 18.1. The van der Waals surface area contributed by atoms with E-state index in [0.717, 1.165) is 39.1 Å². The van der Waals surface area contributed by atoms with Crippen molar-refractivity contribution in [2.45, 2.75) is 6.42 Å². The van der Waals surface area contributed by atoms with Crippen LogP contribution >= 0.6 is 0 Å². The standard InChI is InChI=1S/C20H24N2O2/c1-24-19-10-6-5-9-18(19)20(23)22-15-13-21(14-16-22)12-11-17-7-3-2-4-8-17/h2-10H,11-16H2,1H3/p+1. The molecule has 1 fully saturated rings. The molecule has 1 heterocycles. The van der Waals surface area contributed by atoms with Crippen LogP contribution in [0.15, 0.2) is 54.6 Å². The third-order valence-electron chi connectivity index (χ3n) is 4.71. The molecule has 0 spiro atoms. The highest BCUT2D eigenvalue weighted by molar-refractivity contribution is 5.97. The second kappa shape index (κ2) is 7.97. The average Bonchev–Trinajstić information content (AvgIpc) is 2.67. The fourth-order valence-corrected chi connectivity index (χ4v) is 3.23. The number of para-hydroxylation sites is 1. The van der Waals surface area contributed by atoms with E-state index in [9.17, 15) is 4.79 Å². The van der Waals surface area contributed by atoms with Gasteiger partial charge in [0.2, 0.25) is 0 Å². The van der Waals surface area contributed by atoms with E-state index < -0.39 is 0 Å². The second-order valence-corrected chi connectivity index (χ2v) is 6.23. The Labute approximate surface area is 143 Å². The van der Waals surface area contributed by atoms with Gasteiger partial charge in [-0.25, -0.2) is 0 Å². The van der Waals surface area contributed by atoms with Crippen molar-refractivity contribution in [1.29, 1.82) is 0 Å². The van der Waals surface area contributed by atoms with Gasteiger partial charge >= 0.3 is 0 Å². The molecule has 0 atom stereocenters. The molecule has 1 N–H and O–H groups in total. The summed E-state index contributed by atoms with van der Waals surface area (Å²) in [4.78, 5) is 16.2. The van der Waals surface area contributed by atoms with Crippen LogP contribution in [0.5, 0.6) is 5.75 Å². The molecule has 1 aliphatic rings. The summed E-state index contributed by atoms with van der Waals surface area (Å²) in [7, 11) is 1.61. The van der Waals surface area contributed by atoms with Crippen LogP contribution in [0.4, 0.5) is 0 Å². The SMILES string of the molecule is COc1ccccc1C(=O)N1CC[NH+](CCc2ccccc2)CC1. The molecule has 3 rings (SSSR count). The Bertz CT molecular complexity index is 664. The molecule has 1 saturated heterocycles. The molecule has 24 heavy (non-hydrogen) atoms. The number of carbonyl (C=O) groups excluding carboxylic acids is 1. The molecule has 2 aromatic carbocycles. The molecule has 0 unspecified atom stereocenters. The topological polar surface area (TPSA) is 34.0 Å². The summed E-state index contributed by atoms with van der Waals surface area (Å²) in [5.74, 6) is 0.732. The summed E-state index contributed by atoms with van der Waals surface area (Å²) in [6.07, 6.45) is 1.09. The minimum atomic E-state index is 0.0783. The summed E-state index contributed by atoms with van der Waals surface area (Å²) >= 11 is 0. The van der Waals surface area contributed by atoms with Crippen molar-refractivity contribution < 1.29 is 14.4 Å². The second-order valence-electron chi connectivity index (χ2n) is 6.23. The largest absolute Gasteiger partial charge is 0.496 e. The third kappa shape index (κ3) is 3.95. The van der Waals surface area contributed by atoms with Crippen LogP contribution in [0, 0.1) is 0 Å². The van der Waals surface area contributed by atoms with Crippen molar-refractivity contribution >= 4 is 5.91 Å². The number of benzene rings is 2. The minimum Gasteiger partial charge on any atom is -0.496 e. The molecule has 0 saturated carbocycles. The highest BCUT2D eigenvalue weighted by Crippen LogP contribution is 2.19. The quantitative estimate of drug-likeness (QED) is 0.898. The number of hydrogen-bond donors (Lipinski definition) is 1. The van der Waals surface area contributed by atoms with Crippen LogP contribution < -0.4 is 9.64 Å². The van der Waals surface area contributed by atoms with Crippen LogP contribution in [0.2, 0.25) is 0 Å². The smallest absolute Gasteiger partial charge is 0.258 e. The average molecular weight is 325 g/mol. The number of nitrogens with zero attached hydrogens (tertiary/aromatic N) is 1. The van der Waals surface area contributed by atoms with Gasteiger partial charge in [0.1, 0.15) is 5.75 Å². The zero-order valence-electron chi connectivity index (χ0n) is 14.2. The maximum Gasteiger partial charge on any atom is 0.258 e. The zero-order chi connectivity index (χ0) is 16.8. The first-order chi connectivity index (χ1) is 11.8. The van der Waals surface area contributed by atoms with Gasteiger partial charge in [0.15, 0.2) is 0 Å². The molecule has 126 valence electrons. The zero-order valence-corrected chi connectivity index (χ0v) is 14.2. The van der Waals surface area contributed by atoms with Crippen LogP contribution in [-0.2, 0) is 6.42 Å². The fraction of sp³-hybridized carbons (Fsp3) is 0.350. The molecular formula is C20H25N2O2+. The Balaban J connectivity index is 1.52. The van der Waals surface area contributed by atoms with E-state index in [1.807, 2.05) is 29.2 Å². The lowest BCUT2D eigenvalue weighted by Gasteiger charge is -2.32. The molecule has 1 aliphatic heterocycles. The highest BCUT2D eigenvalue weighted by Gasteiger charge is 2.25. The van der Waals surface area contributed by atoms with Crippen LogP contribution in [0.1, 0.15) is 15.9 Å². The Kier molecular flexibility index (Phi) is 5.49. The predicted octanol–water partition coefficient (Wildman–Crippen LogP) is 1.28. The summed E-state index contributed by atoms with van der Waals surface area (Å²) in [6.45, 7) is 4.75. The van der Waals surface area contributed by atoms with Crippen molar-refractivity contribution in [3.63, 3.8) is 0 Å². The van der Waals surface area contributed by atoms with E-state index in [4.69, 9.17) is 4.74 Å². The fourth-order valence-electron chi connectivity index (χ4n) is 3.23. The lowest BCUT2D eigenvalue weighted by Crippen LogP contribution is -3.15. The number of piperazine rings is 1. The Hall–Kier alpha value is -2.33. The highest BCUT2D eigenvalue weighted by atomic mass is 16.5. The van der Waals surface area contributed by atoms with Crippen LogP contribution in [0.3, 0.4) is 0 Å². The Morgan fingerprint density at radius 2 is 1.71 bits per heavy atom. The first-order valence-corrected chi connectivity index (χ1v) is 8.57. The maximum absolute atomic E-state index is 12.7. The number of nitrogens with one attached hydrogen (secondary N) is 1. The number of methoxy groups -OCH3 is 1. The number of hydrogen-bond acceptors (Lipinski definition) is 2. The van der Waals surface area contributed by atoms with E-state index in [0.29, 0.717) is 11.3 Å². The molecule has 0 bridgehead atoms. The van der Waals surface area contributed by atoms with Gasteiger partial charge in [0.05, 0.1) is 45.4 Å². The maximum atomic E-state index is 12.7. The molecular weight excluding hydrogens is 300 g/mol. The van der Waals surface area contributed by atoms with Crippen LogP contribution in [0.25, 0.3) is 0 Å². The third-order valence-corrected chi connectivity index (χ3v) is 4.71. The summed E-state index contributed by atoms with van der Waals surface area (Å²) < 4.78 is 5.31. The number of amides is 1. The predicted molar refractivity (Wildman–Crippen MR) is 94.6 cm³/mol. The van der Waals surface area contributed by atoms with E-state index in [-0.39, 0.29) is 5.91 Å². The van der Waals surface area contributed by atoms with Gasteiger partial charge in [0.25, 0.3) is 5.91 Å². The lowest BCUT2D eigenvalue weighted by atomic mass is 10.1. The van der Waals surface area contributed by atoms with Crippen molar-refractivity contribution in [2.75, 3.05) is 39.8 Å². The van der Waals surface area contributed by atoms with Gasteiger partial charge < -0.3 is 14.5 Å². The number of rotatable bonds is 5. The van der Waals surface area contributed by atoms with E-state index in [1.54, 1.807) is 12.0 Å². The molecule has 4 nitrogen and oxygen atoms in total. The van der Waals surface area contributed by atoms with Crippen LogP contribution in [-0.4, -0.2) is 50.6 Å². The normalized spacial score (nSPS) is 15.3.